The molecule has 1 rings (SSSR count). The van der Waals surface area contributed by atoms with Crippen LogP contribution in [0, 0.1) is 12.0 Å². The summed E-state index contributed by atoms with van der Waals surface area (Å²) in [4.78, 5) is 0. The first-order chi connectivity index (χ1) is 5.65. The average Bonchev–Trinajstić information content (AvgIpc) is 2.34. The van der Waals surface area contributed by atoms with Crippen LogP contribution in [0.5, 0.6) is 0 Å². The predicted octanol–water partition coefficient (Wildman–Crippen LogP) is 1.87. The van der Waals surface area contributed by atoms with Gasteiger partial charge in [-0.25, -0.2) is 0 Å². The molecule has 0 aliphatic carbocycles. The molecule has 0 bridgehead atoms. The lowest BCUT2D eigenvalue weighted by Crippen LogP contribution is -2.16. The van der Waals surface area contributed by atoms with Gasteiger partial charge in [-0.1, -0.05) is 13.8 Å². The van der Waals surface area contributed by atoms with E-state index in [1.54, 1.807) is 0 Å². The van der Waals surface area contributed by atoms with Crippen molar-refractivity contribution in [2.24, 2.45) is 5.92 Å². The van der Waals surface area contributed by atoms with E-state index in [0.717, 1.165) is 5.57 Å². The molecule has 1 aliphatic heterocycles. The Morgan fingerprint density at radius 2 is 2.25 bits per heavy atom. The van der Waals surface area contributed by atoms with Crippen LogP contribution in [-0.2, 0) is 9.16 Å². The van der Waals surface area contributed by atoms with Crippen LogP contribution in [0.25, 0.3) is 0 Å². The van der Waals surface area contributed by atoms with Crippen molar-refractivity contribution in [2.75, 3.05) is 6.61 Å². The monoisotopic (exact) mass is 168 g/mol. The van der Waals surface area contributed by atoms with E-state index in [1.807, 2.05) is 13.8 Å². The van der Waals surface area contributed by atoms with E-state index in [1.165, 1.54) is 0 Å². The minimum absolute atomic E-state index is 0.0755. The molecule has 0 aromatic carbocycles. The van der Waals surface area contributed by atoms with E-state index >= 15 is 0 Å². The van der Waals surface area contributed by atoms with Crippen LogP contribution < -0.4 is 0 Å². The zero-order chi connectivity index (χ0) is 9.14. The van der Waals surface area contributed by atoms with Crippen molar-refractivity contribution in [2.45, 2.75) is 33.8 Å². The van der Waals surface area contributed by atoms with Gasteiger partial charge in [0, 0.05) is 12.0 Å². The number of hydrogen-bond donors (Lipinski definition) is 0. The average molecular weight is 168 g/mol. The van der Waals surface area contributed by atoms with Crippen LogP contribution in [-0.4, -0.2) is 18.7 Å². The summed E-state index contributed by atoms with van der Waals surface area (Å²) in [6.07, 6.45) is 3.30. The van der Waals surface area contributed by atoms with Crippen LogP contribution in [0.3, 0.4) is 0 Å². The van der Waals surface area contributed by atoms with Crippen molar-refractivity contribution in [3.63, 3.8) is 0 Å². The zero-order valence-electron chi connectivity index (χ0n) is 8.18. The maximum Gasteiger partial charge on any atom is 0.516 e. The van der Waals surface area contributed by atoms with Crippen molar-refractivity contribution in [3.8, 4) is 0 Å². The Labute approximate surface area is 73.9 Å². The fraction of sp³-hybridized carbons (Fsp3) is 0.700. The molecule has 1 aliphatic rings. The Morgan fingerprint density at radius 3 is 2.67 bits per heavy atom. The van der Waals surface area contributed by atoms with E-state index in [9.17, 15) is 0 Å². The highest BCUT2D eigenvalue weighted by molar-refractivity contribution is 5.89. The van der Waals surface area contributed by atoms with Gasteiger partial charge in [0.1, 0.15) is 5.57 Å². The normalized spacial score (nSPS) is 26.2. The molecule has 0 amide bonds. The van der Waals surface area contributed by atoms with Crippen molar-refractivity contribution in [1.82, 2.24) is 0 Å². The van der Waals surface area contributed by atoms with Crippen LogP contribution in [0.1, 0.15) is 27.7 Å². The summed E-state index contributed by atoms with van der Waals surface area (Å²) < 4.78 is 10.8. The SMILES string of the molecule is CC[O+]=C1OC(C(C)C)[C]=C1C. The summed E-state index contributed by atoms with van der Waals surface area (Å²) in [5.41, 5.74) is 0.996. The Hall–Kier alpha value is -0.790. The second-order valence-electron chi connectivity index (χ2n) is 3.27. The lowest BCUT2D eigenvalue weighted by Gasteiger charge is -2.03. The minimum atomic E-state index is 0.0755. The topological polar surface area (TPSA) is 20.5 Å². The van der Waals surface area contributed by atoms with Crippen molar-refractivity contribution in [1.29, 1.82) is 0 Å². The molecular formula is C10H16O2+. The quantitative estimate of drug-likeness (QED) is 0.455. The molecule has 67 valence electrons. The zero-order valence-corrected chi connectivity index (χ0v) is 8.18. The minimum Gasteiger partial charge on any atom is -0.318 e. The molecular weight excluding hydrogens is 152 g/mol. The molecule has 12 heavy (non-hydrogen) atoms. The largest absolute Gasteiger partial charge is 0.516 e. The van der Waals surface area contributed by atoms with Gasteiger partial charge in [-0.15, -0.1) is 0 Å². The Balaban J connectivity index is 2.68. The third-order valence-corrected chi connectivity index (χ3v) is 1.78. The Bertz CT molecular complexity index is 214. The smallest absolute Gasteiger partial charge is 0.318 e. The van der Waals surface area contributed by atoms with E-state index in [0.29, 0.717) is 18.5 Å². The molecule has 0 saturated heterocycles. The fourth-order valence-electron chi connectivity index (χ4n) is 1.08. The van der Waals surface area contributed by atoms with Gasteiger partial charge < -0.3 is 9.16 Å². The van der Waals surface area contributed by atoms with Gasteiger partial charge in [-0.05, 0) is 13.8 Å². The summed E-state index contributed by atoms with van der Waals surface area (Å²) in [6, 6.07) is 0. The maximum atomic E-state index is 5.52. The predicted molar refractivity (Wildman–Crippen MR) is 47.7 cm³/mol. The Morgan fingerprint density at radius 1 is 1.58 bits per heavy atom. The number of carbonyl (C=O) groups excluding carboxylic acids is 1. The van der Waals surface area contributed by atoms with Crippen molar-refractivity contribution < 1.29 is 9.16 Å². The van der Waals surface area contributed by atoms with Crippen molar-refractivity contribution in [3.05, 3.63) is 11.6 Å². The summed E-state index contributed by atoms with van der Waals surface area (Å²) in [5, 5.41) is 0. The molecule has 0 saturated carbocycles. The molecule has 1 unspecified atom stereocenters. The molecule has 1 atom stereocenters. The number of hydrogen-bond acceptors (Lipinski definition) is 1. The fourth-order valence-corrected chi connectivity index (χ4v) is 1.08. The highest BCUT2D eigenvalue weighted by Gasteiger charge is 2.34. The maximum absolute atomic E-state index is 5.52. The second-order valence-corrected chi connectivity index (χ2v) is 3.27. The molecule has 0 aromatic heterocycles. The Kier molecular flexibility index (Phi) is 2.90. The second kappa shape index (κ2) is 3.74. The van der Waals surface area contributed by atoms with Crippen LogP contribution >= 0.6 is 0 Å². The molecule has 2 nitrogen and oxygen atoms in total. The molecule has 0 N–H and O–H groups in total. The molecule has 2 heteroatoms. The first kappa shape index (κ1) is 9.30. The summed E-state index contributed by atoms with van der Waals surface area (Å²) in [5.74, 6) is 1.11. The van der Waals surface area contributed by atoms with Crippen LogP contribution in [0.2, 0.25) is 0 Å². The highest BCUT2D eigenvalue weighted by Crippen LogP contribution is 2.18. The molecule has 0 fully saturated rings. The number of ether oxygens (including phenoxy) is 1. The first-order valence-electron chi connectivity index (χ1n) is 4.42. The summed E-state index contributed by atoms with van der Waals surface area (Å²) >= 11 is 0. The lowest BCUT2D eigenvalue weighted by molar-refractivity contribution is -0.462. The van der Waals surface area contributed by atoms with Crippen LogP contribution in [0.4, 0.5) is 0 Å². The van der Waals surface area contributed by atoms with Gasteiger partial charge in [0.2, 0.25) is 6.10 Å². The molecule has 1 heterocycles. The van der Waals surface area contributed by atoms with Gasteiger partial charge in [0.25, 0.3) is 0 Å². The molecule has 0 spiro atoms. The first-order valence-corrected chi connectivity index (χ1v) is 4.42. The van der Waals surface area contributed by atoms with E-state index in [-0.39, 0.29) is 6.10 Å². The highest BCUT2D eigenvalue weighted by atomic mass is 16.6. The summed E-state index contributed by atoms with van der Waals surface area (Å²) in [6.45, 7) is 8.79. The van der Waals surface area contributed by atoms with Gasteiger partial charge in [-0.3, -0.25) is 0 Å². The number of cyclic esters (lactones) is 1. The number of rotatable bonds is 2. The third-order valence-electron chi connectivity index (χ3n) is 1.78. The van der Waals surface area contributed by atoms with Crippen LogP contribution in [0.15, 0.2) is 5.57 Å². The summed E-state index contributed by atoms with van der Waals surface area (Å²) in [7, 11) is 0. The van der Waals surface area contributed by atoms with Gasteiger partial charge >= 0.3 is 5.97 Å². The van der Waals surface area contributed by atoms with E-state index in [4.69, 9.17) is 9.16 Å². The standard InChI is InChI=1S/C10H16O2/c1-5-11-10-8(4)6-9(12-10)7(2)3/h7,9H,5H2,1-4H3/q+1. The third kappa shape index (κ3) is 1.87. The van der Waals surface area contributed by atoms with Gasteiger partial charge in [0.05, 0.1) is 0 Å². The molecule has 1 radical (unpaired) electrons. The van der Waals surface area contributed by atoms with Crippen molar-refractivity contribution >= 4 is 5.97 Å². The number of esters is 1. The van der Waals surface area contributed by atoms with Gasteiger partial charge in [0.15, 0.2) is 6.61 Å². The van der Waals surface area contributed by atoms with E-state index < -0.39 is 0 Å². The van der Waals surface area contributed by atoms with E-state index in [2.05, 4.69) is 19.9 Å². The van der Waals surface area contributed by atoms with Gasteiger partial charge in [-0.2, -0.15) is 0 Å². The molecule has 0 aromatic rings. The lowest BCUT2D eigenvalue weighted by atomic mass is 10.1.